The molecule has 2 aromatic carbocycles. The van der Waals surface area contributed by atoms with Crippen molar-refractivity contribution < 1.29 is 14.4 Å². The maximum atomic E-state index is 12.5. The van der Waals surface area contributed by atoms with Gasteiger partial charge in [0.1, 0.15) is 0 Å². The van der Waals surface area contributed by atoms with Crippen LogP contribution < -0.4 is 16.0 Å². The van der Waals surface area contributed by atoms with Crippen LogP contribution in [-0.2, 0) is 9.59 Å². The van der Waals surface area contributed by atoms with E-state index >= 15 is 0 Å². The fourth-order valence-electron chi connectivity index (χ4n) is 2.98. The molecule has 0 aliphatic heterocycles. The summed E-state index contributed by atoms with van der Waals surface area (Å²) in [5.41, 5.74) is 3.39. The lowest BCUT2D eigenvalue weighted by molar-refractivity contribution is -0.116. The molecule has 7 nitrogen and oxygen atoms in total. The molecule has 30 heavy (non-hydrogen) atoms. The number of hydrogen-bond donors (Lipinski definition) is 3. The van der Waals surface area contributed by atoms with Gasteiger partial charge in [-0.1, -0.05) is 19.1 Å². The Morgan fingerprint density at radius 1 is 0.867 bits per heavy atom. The summed E-state index contributed by atoms with van der Waals surface area (Å²) in [6.07, 6.45) is 0.385. The number of benzene rings is 2. The van der Waals surface area contributed by atoms with Crippen LogP contribution in [0.3, 0.4) is 0 Å². The second kappa shape index (κ2) is 11.0. The zero-order valence-electron chi connectivity index (χ0n) is 18.0. The van der Waals surface area contributed by atoms with E-state index in [1.807, 2.05) is 26.8 Å². The standard InChI is InChI=1S/C23H30N4O3/c1-5-21(28)25-19-12-9-13-20(16(19)4)26-22(29)15-24-18-11-8-10-17(14-18)23(30)27(6-2)7-3/h8-14,24H,5-7,15H2,1-4H3,(H,25,28)(H,26,29). The summed E-state index contributed by atoms with van der Waals surface area (Å²) in [6.45, 7) is 8.85. The van der Waals surface area contributed by atoms with Gasteiger partial charge < -0.3 is 20.9 Å². The molecule has 0 aromatic heterocycles. The SMILES string of the molecule is CCC(=O)Nc1cccc(NC(=O)CNc2cccc(C(=O)N(CC)CC)c2)c1C. The Morgan fingerprint density at radius 3 is 2.07 bits per heavy atom. The van der Waals surface area contributed by atoms with Crippen molar-refractivity contribution in [1.82, 2.24) is 4.90 Å². The van der Waals surface area contributed by atoms with Crippen molar-refractivity contribution in [2.24, 2.45) is 0 Å². The lowest BCUT2D eigenvalue weighted by atomic mass is 10.1. The van der Waals surface area contributed by atoms with Gasteiger partial charge in [-0.15, -0.1) is 0 Å². The van der Waals surface area contributed by atoms with Crippen LogP contribution in [0.2, 0.25) is 0 Å². The summed E-state index contributed by atoms with van der Waals surface area (Å²) >= 11 is 0. The fraction of sp³-hybridized carbons (Fsp3) is 0.348. The van der Waals surface area contributed by atoms with E-state index in [0.717, 1.165) is 5.56 Å². The number of carbonyl (C=O) groups is 3. The summed E-state index contributed by atoms with van der Waals surface area (Å²) in [5.74, 6) is -0.338. The van der Waals surface area contributed by atoms with Gasteiger partial charge in [0.15, 0.2) is 0 Å². The molecule has 0 radical (unpaired) electrons. The Hall–Kier alpha value is -3.35. The smallest absolute Gasteiger partial charge is 0.253 e. The summed E-state index contributed by atoms with van der Waals surface area (Å²) in [6, 6.07) is 12.5. The normalized spacial score (nSPS) is 10.3. The van der Waals surface area contributed by atoms with Crippen LogP contribution in [0.15, 0.2) is 42.5 Å². The number of amides is 3. The van der Waals surface area contributed by atoms with Crippen LogP contribution in [0.1, 0.15) is 43.1 Å². The topological polar surface area (TPSA) is 90.5 Å². The molecular formula is C23H30N4O3. The molecule has 0 spiro atoms. The Kier molecular flexibility index (Phi) is 8.41. The van der Waals surface area contributed by atoms with Crippen molar-refractivity contribution in [3.05, 3.63) is 53.6 Å². The first-order chi connectivity index (χ1) is 14.4. The maximum absolute atomic E-state index is 12.5. The molecule has 0 bridgehead atoms. The van der Waals surface area contributed by atoms with Crippen LogP contribution in [0, 0.1) is 6.92 Å². The molecule has 3 N–H and O–H groups in total. The molecule has 160 valence electrons. The van der Waals surface area contributed by atoms with Crippen LogP contribution in [0.4, 0.5) is 17.1 Å². The first-order valence-electron chi connectivity index (χ1n) is 10.2. The number of rotatable bonds is 9. The average Bonchev–Trinajstić information content (AvgIpc) is 2.76. The highest BCUT2D eigenvalue weighted by Gasteiger charge is 2.13. The molecule has 2 rings (SSSR count). The molecule has 0 unspecified atom stereocenters. The quantitative estimate of drug-likeness (QED) is 0.585. The number of hydrogen-bond acceptors (Lipinski definition) is 4. The largest absolute Gasteiger partial charge is 0.376 e. The van der Waals surface area contributed by atoms with Crippen molar-refractivity contribution in [2.45, 2.75) is 34.1 Å². The molecule has 0 saturated carbocycles. The zero-order valence-corrected chi connectivity index (χ0v) is 18.0. The van der Waals surface area contributed by atoms with Crippen molar-refractivity contribution in [1.29, 1.82) is 0 Å². The number of nitrogens with zero attached hydrogens (tertiary/aromatic N) is 1. The average molecular weight is 411 g/mol. The van der Waals surface area contributed by atoms with Crippen LogP contribution in [-0.4, -0.2) is 42.3 Å². The minimum Gasteiger partial charge on any atom is -0.376 e. The maximum Gasteiger partial charge on any atom is 0.253 e. The number of carbonyl (C=O) groups excluding carboxylic acids is 3. The van der Waals surface area contributed by atoms with Gasteiger partial charge >= 0.3 is 0 Å². The molecule has 7 heteroatoms. The molecule has 0 heterocycles. The molecule has 3 amide bonds. The Morgan fingerprint density at radius 2 is 1.47 bits per heavy atom. The molecule has 0 fully saturated rings. The van der Waals surface area contributed by atoms with Crippen molar-refractivity contribution >= 4 is 34.8 Å². The lowest BCUT2D eigenvalue weighted by Crippen LogP contribution is -2.30. The second-order valence-electron chi connectivity index (χ2n) is 6.84. The predicted molar refractivity (Wildman–Crippen MR) is 121 cm³/mol. The molecular weight excluding hydrogens is 380 g/mol. The van der Waals surface area contributed by atoms with Gasteiger partial charge in [-0.05, 0) is 56.7 Å². The van der Waals surface area contributed by atoms with Gasteiger partial charge in [-0.2, -0.15) is 0 Å². The third kappa shape index (κ3) is 6.07. The van der Waals surface area contributed by atoms with E-state index in [1.54, 1.807) is 48.2 Å². The second-order valence-corrected chi connectivity index (χ2v) is 6.84. The van der Waals surface area contributed by atoms with E-state index in [1.165, 1.54) is 0 Å². The van der Waals surface area contributed by atoms with Crippen LogP contribution >= 0.6 is 0 Å². The highest BCUT2D eigenvalue weighted by Crippen LogP contribution is 2.23. The van der Waals surface area contributed by atoms with Gasteiger partial charge in [0.2, 0.25) is 11.8 Å². The molecule has 2 aromatic rings. The highest BCUT2D eigenvalue weighted by molar-refractivity contribution is 5.98. The third-order valence-electron chi connectivity index (χ3n) is 4.82. The van der Waals surface area contributed by atoms with E-state index in [-0.39, 0.29) is 24.3 Å². The van der Waals surface area contributed by atoms with Gasteiger partial charge in [-0.3, -0.25) is 14.4 Å². The molecule has 0 atom stereocenters. The first kappa shape index (κ1) is 22.9. The molecule has 0 saturated heterocycles. The minimum absolute atomic E-state index is 0.0327. The van der Waals surface area contributed by atoms with Gasteiger partial charge in [0.25, 0.3) is 5.91 Å². The van der Waals surface area contributed by atoms with Crippen LogP contribution in [0.5, 0.6) is 0 Å². The third-order valence-corrected chi connectivity index (χ3v) is 4.82. The zero-order chi connectivity index (χ0) is 22.1. The van der Waals surface area contributed by atoms with E-state index < -0.39 is 0 Å². The Labute approximate surface area is 177 Å². The van der Waals surface area contributed by atoms with Gasteiger partial charge in [-0.25, -0.2) is 0 Å². The number of anilines is 3. The molecule has 0 aliphatic rings. The van der Waals surface area contributed by atoms with Gasteiger partial charge in [0.05, 0.1) is 6.54 Å². The van der Waals surface area contributed by atoms with E-state index in [0.29, 0.717) is 42.1 Å². The van der Waals surface area contributed by atoms with E-state index in [9.17, 15) is 14.4 Å². The summed E-state index contributed by atoms with van der Waals surface area (Å²) < 4.78 is 0. The Bertz CT molecular complexity index is 907. The number of nitrogens with one attached hydrogen (secondary N) is 3. The Balaban J connectivity index is 2.00. The van der Waals surface area contributed by atoms with Crippen LogP contribution in [0.25, 0.3) is 0 Å². The van der Waals surface area contributed by atoms with Crippen molar-refractivity contribution in [3.8, 4) is 0 Å². The predicted octanol–water partition coefficient (Wildman–Crippen LogP) is 3.88. The van der Waals surface area contributed by atoms with Crippen molar-refractivity contribution in [3.63, 3.8) is 0 Å². The molecule has 0 aliphatic carbocycles. The minimum atomic E-state index is -0.224. The van der Waals surface area contributed by atoms with Gasteiger partial charge in [0, 0.05) is 42.1 Å². The summed E-state index contributed by atoms with van der Waals surface area (Å²) in [7, 11) is 0. The summed E-state index contributed by atoms with van der Waals surface area (Å²) in [5, 5.41) is 8.74. The monoisotopic (exact) mass is 410 g/mol. The fourth-order valence-corrected chi connectivity index (χ4v) is 2.98. The van der Waals surface area contributed by atoms with E-state index in [4.69, 9.17) is 0 Å². The van der Waals surface area contributed by atoms with Crippen molar-refractivity contribution in [2.75, 3.05) is 35.6 Å². The first-order valence-corrected chi connectivity index (χ1v) is 10.2. The van der Waals surface area contributed by atoms with E-state index in [2.05, 4.69) is 16.0 Å². The summed E-state index contributed by atoms with van der Waals surface area (Å²) in [4.78, 5) is 38.3. The lowest BCUT2D eigenvalue weighted by Gasteiger charge is -2.19. The highest BCUT2D eigenvalue weighted by atomic mass is 16.2.